The molecular weight excluding hydrogens is 296 g/mol. The van der Waals surface area contributed by atoms with Gasteiger partial charge in [0.2, 0.25) is 5.91 Å². The van der Waals surface area contributed by atoms with E-state index in [4.69, 9.17) is 9.26 Å². The average Bonchev–Trinajstić information content (AvgIpc) is 3.25. The van der Waals surface area contributed by atoms with Gasteiger partial charge in [-0.3, -0.25) is 9.48 Å². The molecule has 2 aromatic rings. The van der Waals surface area contributed by atoms with Crippen LogP contribution in [0.3, 0.4) is 0 Å². The van der Waals surface area contributed by atoms with Crippen LogP contribution in [-0.4, -0.2) is 39.4 Å². The molecule has 7 nitrogen and oxygen atoms in total. The number of hydrogen-bond donors (Lipinski definition) is 0. The molecule has 0 saturated carbocycles. The number of nitrogens with zero attached hydrogens (tertiary/aromatic N) is 4. The number of aromatic nitrogens is 3. The van der Waals surface area contributed by atoms with Crippen molar-refractivity contribution >= 4 is 5.91 Å². The lowest BCUT2D eigenvalue weighted by molar-refractivity contribution is -0.136. The van der Waals surface area contributed by atoms with Crippen molar-refractivity contribution in [2.75, 3.05) is 13.7 Å². The molecular formula is C16H22N4O3. The summed E-state index contributed by atoms with van der Waals surface area (Å²) in [5.41, 5.74) is 1.72. The summed E-state index contributed by atoms with van der Waals surface area (Å²) in [6.45, 7) is 5.66. The van der Waals surface area contributed by atoms with Gasteiger partial charge in [-0.05, 0) is 26.3 Å². The maximum absolute atomic E-state index is 12.8. The van der Waals surface area contributed by atoms with Crippen molar-refractivity contribution in [3.63, 3.8) is 0 Å². The van der Waals surface area contributed by atoms with Gasteiger partial charge in [-0.15, -0.1) is 0 Å². The maximum Gasteiger partial charge on any atom is 0.228 e. The molecule has 2 aromatic heterocycles. The third kappa shape index (κ3) is 3.14. The Morgan fingerprint density at radius 1 is 1.52 bits per heavy atom. The van der Waals surface area contributed by atoms with Crippen molar-refractivity contribution in [3.8, 4) is 0 Å². The smallest absolute Gasteiger partial charge is 0.228 e. The van der Waals surface area contributed by atoms with Crippen LogP contribution in [0.4, 0.5) is 0 Å². The Labute approximate surface area is 135 Å². The van der Waals surface area contributed by atoms with E-state index in [0.29, 0.717) is 13.2 Å². The van der Waals surface area contributed by atoms with Gasteiger partial charge in [0.25, 0.3) is 0 Å². The highest BCUT2D eigenvalue weighted by atomic mass is 16.5. The Balaban J connectivity index is 1.72. The minimum Gasteiger partial charge on any atom is -0.371 e. The molecule has 1 aliphatic heterocycles. The summed E-state index contributed by atoms with van der Waals surface area (Å²) in [7, 11) is 1.79. The molecule has 1 saturated heterocycles. The van der Waals surface area contributed by atoms with Gasteiger partial charge in [0, 0.05) is 32.5 Å². The van der Waals surface area contributed by atoms with Gasteiger partial charge >= 0.3 is 0 Å². The van der Waals surface area contributed by atoms with E-state index < -0.39 is 0 Å². The van der Waals surface area contributed by atoms with Crippen LogP contribution in [-0.2, 0) is 22.6 Å². The van der Waals surface area contributed by atoms with Crippen LogP contribution < -0.4 is 0 Å². The first-order valence-corrected chi connectivity index (χ1v) is 7.90. The average molecular weight is 318 g/mol. The van der Waals surface area contributed by atoms with Crippen molar-refractivity contribution in [3.05, 3.63) is 35.5 Å². The summed E-state index contributed by atoms with van der Waals surface area (Å²) in [5, 5.41) is 8.22. The lowest BCUT2D eigenvalue weighted by atomic mass is 9.97. The molecule has 0 N–H and O–H groups in total. The number of carbonyl (C=O) groups is 1. The van der Waals surface area contributed by atoms with Crippen LogP contribution in [0.5, 0.6) is 0 Å². The molecule has 124 valence electrons. The monoisotopic (exact) mass is 318 g/mol. The molecule has 3 rings (SSSR count). The Morgan fingerprint density at radius 2 is 2.35 bits per heavy atom. The van der Waals surface area contributed by atoms with Crippen molar-refractivity contribution in [1.82, 2.24) is 19.8 Å². The molecule has 2 atom stereocenters. The number of ether oxygens (including phenoxy) is 1. The fourth-order valence-electron chi connectivity index (χ4n) is 3.08. The lowest BCUT2D eigenvalue weighted by Gasteiger charge is -2.24. The Bertz CT molecular complexity index is 678. The van der Waals surface area contributed by atoms with E-state index in [9.17, 15) is 4.79 Å². The van der Waals surface area contributed by atoms with Gasteiger partial charge in [-0.25, -0.2) is 0 Å². The molecule has 3 heterocycles. The lowest BCUT2D eigenvalue weighted by Crippen LogP contribution is -2.34. The van der Waals surface area contributed by atoms with Gasteiger partial charge in [0.1, 0.15) is 17.6 Å². The fraction of sp³-hybridized carbons (Fsp3) is 0.562. The zero-order valence-electron chi connectivity index (χ0n) is 13.7. The number of hydrogen-bond acceptors (Lipinski definition) is 5. The third-order valence-electron chi connectivity index (χ3n) is 4.20. The standard InChI is InChI=1S/C16H22N4O3/c1-4-20-14(5-7-17-20)15-13(6-8-22-15)16(21)19(3)10-12-9-11(2)23-18-12/h5,7,9,13,15H,4,6,8,10H2,1-3H3/t13-,15-/m1/s1. The molecule has 1 aliphatic rings. The molecule has 0 unspecified atom stereocenters. The molecule has 0 aliphatic carbocycles. The van der Waals surface area contributed by atoms with Gasteiger partial charge in [0.05, 0.1) is 18.2 Å². The number of aryl methyl sites for hydroxylation is 2. The summed E-state index contributed by atoms with van der Waals surface area (Å²) in [6, 6.07) is 3.78. The molecule has 0 spiro atoms. The first kappa shape index (κ1) is 15.7. The zero-order chi connectivity index (χ0) is 16.4. The minimum atomic E-state index is -0.230. The summed E-state index contributed by atoms with van der Waals surface area (Å²) in [5.74, 6) is 0.627. The fourth-order valence-corrected chi connectivity index (χ4v) is 3.08. The van der Waals surface area contributed by atoms with E-state index in [-0.39, 0.29) is 17.9 Å². The predicted molar refractivity (Wildman–Crippen MR) is 82.4 cm³/mol. The van der Waals surface area contributed by atoms with E-state index in [2.05, 4.69) is 10.3 Å². The first-order chi connectivity index (χ1) is 11.1. The molecule has 1 amide bonds. The van der Waals surface area contributed by atoms with Crippen LogP contribution in [0.25, 0.3) is 0 Å². The maximum atomic E-state index is 12.8. The van der Waals surface area contributed by atoms with E-state index in [1.54, 1.807) is 18.1 Å². The number of carbonyl (C=O) groups excluding carboxylic acids is 1. The zero-order valence-corrected chi connectivity index (χ0v) is 13.7. The van der Waals surface area contributed by atoms with Gasteiger partial charge in [0.15, 0.2) is 0 Å². The number of amides is 1. The van der Waals surface area contributed by atoms with Crippen LogP contribution in [0, 0.1) is 12.8 Å². The highest BCUT2D eigenvalue weighted by Gasteiger charge is 2.38. The Morgan fingerprint density at radius 3 is 3.04 bits per heavy atom. The highest BCUT2D eigenvalue weighted by Crippen LogP contribution is 2.35. The summed E-state index contributed by atoms with van der Waals surface area (Å²) in [6.07, 6.45) is 2.25. The van der Waals surface area contributed by atoms with Gasteiger partial charge < -0.3 is 14.2 Å². The van der Waals surface area contributed by atoms with Crippen LogP contribution in [0.2, 0.25) is 0 Å². The largest absolute Gasteiger partial charge is 0.371 e. The summed E-state index contributed by atoms with van der Waals surface area (Å²) >= 11 is 0. The normalized spacial score (nSPS) is 20.8. The summed E-state index contributed by atoms with van der Waals surface area (Å²) in [4.78, 5) is 14.5. The molecule has 0 aromatic carbocycles. The molecule has 7 heteroatoms. The Hall–Kier alpha value is -2.15. The van der Waals surface area contributed by atoms with E-state index in [1.165, 1.54) is 0 Å². The highest BCUT2D eigenvalue weighted by molar-refractivity contribution is 5.79. The van der Waals surface area contributed by atoms with Crippen molar-refractivity contribution in [1.29, 1.82) is 0 Å². The summed E-state index contributed by atoms with van der Waals surface area (Å²) < 4.78 is 12.8. The van der Waals surface area contributed by atoms with Crippen molar-refractivity contribution in [2.45, 2.75) is 39.5 Å². The second kappa shape index (κ2) is 6.54. The SMILES string of the molecule is CCn1nccc1[C@@H]1OCC[C@H]1C(=O)N(C)Cc1cc(C)on1. The van der Waals surface area contributed by atoms with E-state index >= 15 is 0 Å². The first-order valence-electron chi connectivity index (χ1n) is 7.90. The second-order valence-electron chi connectivity index (χ2n) is 5.88. The molecule has 0 radical (unpaired) electrons. The third-order valence-corrected chi connectivity index (χ3v) is 4.20. The second-order valence-corrected chi connectivity index (χ2v) is 5.88. The number of rotatable bonds is 5. The minimum absolute atomic E-state index is 0.0667. The van der Waals surface area contributed by atoms with Crippen molar-refractivity contribution in [2.24, 2.45) is 5.92 Å². The van der Waals surface area contributed by atoms with E-state index in [0.717, 1.165) is 30.1 Å². The van der Waals surface area contributed by atoms with Crippen LogP contribution in [0.1, 0.15) is 36.6 Å². The van der Waals surface area contributed by atoms with Gasteiger partial charge in [-0.2, -0.15) is 5.10 Å². The predicted octanol–water partition coefficient (Wildman–Crippen LogP) is 1.94. The quantitative estimate of drug-likeness (QED) is 0.842. The van der Waals surface area contributed by atoms with E-state index in [1.807, 2.05) is 30.7 Å². The van der Waals surface area contributed by atoms with Gasteiger partial charge in [-0.1, -0.05) is 5.16 Å². The molecule has 23 heavy (non-hydrogen) atoms. The molecule has 0 bridgehead atoms. The van der Waals surface area contributed by atoms with Crippen molar-refractivity contribution < 1.29 is 14.1 Å². The van der Waals surface area contributed by atoms with Crippen LogP contribution in [0.15, 0.2) is 22.9 Å². The molecule has 1 fully saturated rings. The van der Waals surface area contributed by atoms with Crippen LogP contribution >= 0.6 is 0 Å². The Kier molecular flexibility index (Phi) is 4.47. The topological polar surface area (TPSA) is 73.4 Å².